The summed E-state index contributed by atoms with van der Waals surface area (Å²) >= 11 is 0. The molecule has 1 aliphatic rings. The highest BCUT2D eigenvalue weighted by molar-refractivity contribution is 7.89. The van der Waals surface area contributed by atoms with Crippen LogP contribution in [0.2, 0.25) is 0 Å². The molecule has 0 heterocycles. The predicted octanol–water partition coefficient (Wildman–Crippen LogP) is 3.33. The van der Waals surface area contributed by atoms with E-state index in [-0.39, 0.29) is 0 Å². The number of hydrogen-bond acceptors (Lipinski definition) is 2. The number of hydrogen-bond donors (Lipinski definition) is 1. The van der Waals surface area contributed by atoms with Gasteiger partial charge in [0.15, 0.2) is 0 Å². The Balaban J connectivity index is 1.91. The molecule has 1 aliphatic carbocycles. The molecule has 1 aromatic rings. The van der Waals surface area contributed by atoms with Crippen molar-refractivity contribution < 1.29 is 8.42 Å². The Hall–Kier alpha value is -1.39. The zero-order valence-corrected chi connectivity index (χ0v) is 12.6. The van der Waals surface area contributed by atoms with E-state index in [4.69, 9.17) is 0 Å². The highest BCUT2D eigenvalue weighted by atomic mass is 32.2. The molecule has 0 radical (unpaired) electrons. The SMILES string of the molecule is Cc1ccc(S(=O)(=O)NCCC2=CC=CCCC2)cc1. The van der Waals surface area contributed by atoms with Crippen LogP contribution in [0.1, 0.15) is 31.2 Å². The molecule has 0 spiro atoms. The number of nitrogens with one attached hydrogen (secondary N) is 1. The average molecular weight is 291 g/mol. The Kier molecular flexibility index (Phi) is 5.15. The Morgan fingerprint density at radius 1 is 1.20 bits per heavy atom. The van der Waals surface area contributed by atoms with Gasteiger partial charge in [0.2, 0.25) is 10.0 Å². The van der Waals surface area contributed by atoms with E-state index in [9.17, 15) is 8.42 Å². The topological polar surface area (TPSA) is 46.2 Å². The molecule has 4 heteroatoms. The van der Waals surface area contributed by atoms with Gasteiger partial charge in [0.1, 0.15) is 0 Å². The largest absolute Gasteiger partial charge is 0.240 e. The molecule has 0 aromatic heterocycles. The van der Waals surface area contributed by atoms with Gasteiger partial charge in [-0.15, -0.1) is 0 Å². The second-order valence-corrected chi connectivity index (χ2v) is 6.87. The molecule has 108 valence electrons. The monoisotopic (exact) mass is 291 g/mol. The first-order chi connectivity index (χ1) is 9.58. The third-order valence-electron chi connectivity index (χ3n) is 3.41. The van der Waals surface area contributed by atoms with Crippen molar-refractivity contribution in [2.24, 2.45) is 0 Å². The number of sulfonamides is 1. The highest BCUT2D eigenvalue weighted by Gasteiger charge is 2.13. The minimum Gasteiger partial charge on any atom is -0.211 e. The van der Waals surface area contributed by atoms with Crippen LogP contribution < -0.4 is 4.72 Å². The Morgan fingerprint density at radius 3 is 2.70 bits per heavy atom. The summed E-state index contributed by atoms with van der Waals surface area (Å²) in [6.07, 6.45) is 10.4. The lowest BCUT2D eigenvalue weighted by molar-refractivity contribution is 0.581. The van der Waals surface area contributed by atoms with Crippen LogP contribution in [-0.4, -0.2) is 15.0 Å². The van der Waals surface area contributed by atoms with Crippen molar-refractivity contribution in [1.29, 1.82) is 0 Å². The smallest absolute Gasteiger partial charge is 0.211 e. The molecule has 0 saturated carbocycles. The van der Waals surface area contributed by atoms with E-state index >= 15 is 0 Å². The number of aryl methyl sites for hydroxylation is 1. The molecule has 0 unspecified atom stereocenters. The number of allylic oxidation sites excluding steroid dienone is 3. The van der Waals surface area contributed by atoms with Crippen LogP contribution in [0, 0.1) is 6.92 Å². The van der Waals surface area contributed by atoms with E-state index in [0.29, 0.717) is 11.4 Å². The standard InChI is InChI=1S/C16H21NO2S/c1-14-8-10-16(11-9-14)20(18,19)17-13-12-15-6-4-2-3-5-7-15/h2,4,6,8-11,17H,3,5,7,12-13H2,1H3. The summed E-state index contributed by atoms with van der Waals surface area (Å²) in [7, 11) is -3.38. The fourth-order valence-electron chi connectivity index (χ4n) is 2.19. The van der Waals surface area contributed by atoms with Crippen LogP contribution in [0.4, 0.5) is 0 Å². The lowest BCUT2D eigenvalue weighted by atomic mass is 10.1. The summed E-state index contributed by atoms with van der Waals surface area (Å²) in [4.78, 5) is 0.331. The molecule has 0 aliphatic heterocycles. The van der Waals surface area contributed by atoms with Crippen LogP contribution in [0.3, 0.4) is 0 Å². The van der Waals surface area contributed by atoms with E-state index in [2.05, 4.69) is 23.0 Å². The van der Waals surface area contributed by atoms with Crippen LogP contribution in [0.25, 0.3) is 0 Å². The third-order valence-corrected chi connectivity index (χ3v) is 4.88. The zero-order valence-electron chi connectivity index (χ0n) is 11.8. The van der Waals surface area contributed by atoms with Crippen molar-refractivity contribution in [3.63, 3.8) is 0 Å². The molecule has 3 nitrogen and oxygen atoms in total. The quantitative estimate of drug-likeness (QED) is 0.904. The summed E-state index contributed by atoms with van der Waals surface area (Å²) in [6.45, 7) is 2.39. The molecule has 0 bridgehead atoms. The van der Waals surface area contributed by atoms with Gasteiger partial charge in [-0.25, -0.2) is 13.1 Å². The summed E-state index contributed by atoms with van der Waals surface area (Å²) in [5.41, 5.74) is 2.37. The van der Waals surface area contributed by atoms with Crippen LogP contribution in [0.5, 0.6) is 0 Å². The predicted molar refractivity (Wildman–Crippen MR) is 82.1 cm³/mol. The van der Waals surface area contributed by atoms with E-state index < -0.39 is 10.0 Å². The number of benzene rings is 1. The molecule has 0 fully saturated rings. The van der Waals surface area contributed by atoms with Crippen LogP contribution in [0.15, 0.2) is 53.0 Å². The van der Waals surface area contributed by atoms with E-state index in [1.165, 1.54) is 5.57 Å². The normalized spacial score (nSPS) is 15.8. The second kappa shape index (κ2) is 6.86. The van der Waals surface area contributed by atoms with Gasteiger partial charge in [-0.1, -0.05) is 41.5 Å². The molecular formula is C16H21NO2S. The Labute approximate surface area is 121 Å². The van der Waals surface area contributed by atoms with Crippen LogP contribution >= 0.6 is 0 Å². The molecule has 0 saturated heterocycles. The molecule has 1 aromatic carbocycles. The number of rotatable bonds is 5. The lowest BCUT2D eigenvalue weighted by Gasteiger charge is -2.08. The molecule has 0 atom stereocenters. The summed E-state index contributed by atoms with van der Waals surface area (Å²) < 4.78 is 26.9. The van der Waals surface area contributed by atoms with E-state index in [1.807, 2.05) is 19.1 Å². The first-order valence-electron chi connectivity index (χ1n) is 6.99. The van der Waals surface area contributed by atoms with Gasteiger partial charge in [0.05, 0.1) is 4.90 Å². The minimum absolute atomic E-state index is 0.331. The average Bonchev–Trinajstić information content (AvgIpc) is 2.68. The van der Waals surface area contributed by atoms with Gasteiger partial charge in [-0.2, -0.15) is 0 Å². The molecular weight excluding hydrogens is 270 g/mol. The van der Waals surface area contributed by atoms with Crippen molar-refractivity contribution in [3.05, 3.63) is 53.6 Å². The maximum absolute atomic E-state index is 12.1. The van der Waals surface area contributed by atoms with Crippen molar-refractivity contribution in [2.75, 3.05) is 6.54 Å². The minimum atomic E-state index is -3.38. The lowest BCUT2D eigenvalue weighted by Crippen LogP contribution is -2.25. The maximum Gasteiger partial charge on any atom is 0.240 e. The van der Waals surface area contributed by atoms with Gasteiger partial charge in [-0.3, -0.25) is 0 Å². The maximum atomic E-state index is 12.1. The van der Waals surface area contributed by atoms with Crippen molar-refractivity contribution in [2.45, 2.75) is 37.5 Å². The summed E-state index contributed by atoms with van der Waals surface area (Å²) in [6, 6.07) is 6.91. The second-order valence-electron chi connectivity index (χ2n) is 5.11. The van der Waals surface area contributed by atoms with Crippen molar-refractivity contribution in [3.8, 4) is 0 Å². The first kappa shape index (κ1) is 15.0. The molecule has 1 N–H and O–H groups in total. The fourth-order valence-corrected chi connectivity index (χ4v) is 3.22. The van der Waals surface area contributed by atoms with Gasteiger partial charge < -0.3 is 0 Å². The van der Waals surface area contributed by atoms with Gasteiger partial charge >= 0.3 is 0 Å². The summed E-state index contributed by atoms with van der Waals surface area (Å²) in [5.74, 6) is 0. The molecule has 0 amide bonds. The van der Waals surface area contributed by atoms with E-state index in [1.54, 1.807) is 12.1 Å². The third kappa shape index (κ3) is 4.32. The van der Waals surface area contributed by atoms with Gasteiger partial charge in [-0.05, 0) is 44.7 Å². The highest BCUT2D eigenvalue weighted by Crippen LogP contribution is 2.16. The first-order valence-corrected chi connectivity index (χ1v) is 8.47. The summed E-state index contributed by atoms with van der Waals surface area (Å²) in [5, 5.41) is 0. The van der Waals surface area contributed by atoms with Crippen molar-refractivity contribution in [1.82, 2.24) is 4.72 Å². The molecule has 2 rings (SSSR count). The Morgan fingerprint density at radius 2 is 1.95 bits per heavy atom. The Bertz CT molecular complexity index is 598. The zero-order chi connectivity index (χ0) is 14.4. The van der Waals surface area contributed by atoms with Gasteiger partial charge in [0.25, 0.3) is 0 Å². The fraction of sp³-hybridized carbons (Fsp3) is 0.375. The van der Waals surface area contributed by atoms with Gasteiger partial charge in [0, 0.05) is 6.54 Å². The van der Waals surface area contributed by atoms with E-state index in [0.717, 1.165) is 31.2 Å². The molecule has 20 heavy (non-hydrogen) atoms. The van der Waals surface area contributed by atoms with Crippen molar-refractivity contribution >= 4 is 10.0 Å². The van der Waals surface area contributed by atoms with Crippen LogP contribution in [-0.2, 0) is 10.0 Å².